The second kappa shape index (κ2) is 10.4. The van der Waals surface area contributed by atoms with E-state index in [4.69, 9.17) is 4.65 Å². The summed E-state index contributed by atoms with van der Waals surface area (Å²) in [5.74, 6) is 0. The minimum atomic E-state index is -1.03. The predicted octanol–water partition coefficient (Wildman–Crippen LogP) is 8.87. The smallest absolute Gasteiger partial charge is 0.331 e. The SMILES string of the molecule is CC(C)(O)C(C)(C)O[B]c1cc(-c2ccccc2)cc(-c2ccc3sc4ccccc4c3c2)c1-c1ccccc1. The molecule has 6 aromatic rings. The van der Waals surface area contributed by atoms with Gasteiger partial charge in [0.2, 0.25) is 0 Å². The Morgan fingerprint density at radius 1 is 0.600 bits per heavy atom. The van der Waals surface area contributed by atoms with Crippen molar-refractivity contribution in [3.63, 3.8) is 0 Å². The first-order chi connectivity index (χ1) is 19.2. The fourth-order valence-electron chi connectivity index (χ4n) is 4.96. The molecule has 1 radical (unpaired) electrons. The molecule has 0 amide bonds. The molecule has 0 aliphatic rings. The first-order valence-electron chi connectivity index (χ1n) is 13.7. The minimum absolute atomic E-state index is 0.793. The Kier molecular flexibility index (Phi) is 6.87. The first-order valence-corrected chi connectivity index (χ1v) is 14.5. The molecule has 0 spiro atoms. The van der Waals surface area contributed by atoms with Crippen molar-refractivity contribution >= 4 is 44.5 Å². The van der Waals surface area contributed by atoms with Gasteiger partial charge in [0.15, 0.2) is 0 Å². The van der Waals surface area contributed by atoms with E-state index < -0.39 is 11.2 Å². The van der Waals surface area contributed by atoms with E-state index in [-0.39, 0.29) is 0 Å². The molecule has 1 N–H and O–H groups in total. The minimum Gasteiger partial charge on any atom is -0.427 e. The molecule has 4 heteroatoms. The zero-order chi connectivity index (χ0) is 27.9. The Balaban J connectivity index is 1.61. The molecule has 0 saturated heterocycles. The number of aliphatic hydroxyl groups is 1. The van der Waals surface area contributed by atoms with Gasteiger partial charge in [-0.25, -0.2) is 0 Å². The van der Waals surface area contributed by atoms with Gasteiger partial charge in [-0.3, -0.25) is 0 Å². The van der Waals surface area contributed by atoms with Crippen LogP contribution >= 0.6 is 11.3 Å². The van der Waals surface area contributed by atoms with Gasteiger partial charge in [-0.2, -0.15) is 0 Å². The lowest BCUT2D eigenvalue weighted by Crippen LogP contribution is -2.49. The van der Waals surface area contributed by atoms with Crippen LogP contribution in [0.15, 0.2) is 115 Å². The van der Waals surface area contributed by atoms with Crippen molar-refractivity contribution in [2.75, 3.05) is 0 Å². The molecule has 0 saturated carbocycles. The largest absolute Gasteiger partial charge is 0.427 e. The molecule has 0 bridgehead atoms. The van der Waals surface area contributed by atoms with Crippen molar-refractivity contribution in [1.82, 2.24) is 0 Å². The summed E-state index contributed by atoms with van der Waals surface area (Å²) in [6.45, 7) is 7.41. The second-order valence-electron chi connectivity index (χ2n) is 11.3. The molecule has 0 atom stereocenters. The first kappa shape index (κ1) is 26.5. The van der Waals surface area contributed by atoms with Crippen LogP contribution in [-0.4, -0.2) is 23.8 Å². The summed E-state index contributed by atoms with van der Waals surface area (Å²) in [5, 5.41) is 13.4. The highest BCUT2D eigenvalue weighted by molar-refractivity contribution is 7.25. The second-order valence-corrected chi connectivity index (χ2v) is 12.4. The number of hydrogen-bond donors (Lipinski definition) is 1. The Hall–Kier alpha value is -3.70. The third-order valence-electron chi connectivity index (χ3n) is 7.98. The van der Waals surface area contributed by atoms with Crippen LogP contribution in [0.2, 0.25) is 0 Å². The lowest BCUT2D eigenvalue weighted by Gasteiger charge is -2.37. The molecule has 40 heavy (non-hydrogen) atoms. The molecule has 0 aliphatic heterocycles. The zero-order valence-corrected chi connectivity index (χ0v) is 24.1. The molecular formula is C36H32BO2S. The summed E-state index contributed by atoms with van der Waals surface area (Å²) in [7, 11) is 1.83. The molecule has 1 heterocycles. The Morgan fingerprint density at radius 3 is 1.93 bits per heavy atom. The average Bonchev–Trinajstić information content (AvgIpc) is 3.34. The summed E-state index contributed by atoms with van der Waals surface area (Å²) in [6.07, 6.45) is 0. The fraction of sp³-hybridized carbons (Fsp3) is 0.167. The van der Waals surface area contributed by atoms with Gasteiger partial charge < -0.3 is 9.76 Å². The molecule has 197 valence electrons. The molecule has 0 fully saturated rings. The fourth-order valence-corrected chi connectivity index (χ4v) is 6.04. The van der Waals surface area contributed by atoms with E-state index in [0.717, 1.165) is 38.8 Å². The van der Waals surface area contributed by atoms with Gasteiger partial charge in [0, 0.05) is 20.2 Å². The summed E-state index contributed by atoms with van der Waals surface area (Å²) in [5.41, 5.74) is 5.91. The highest BCUT2D eigenvalue weighted by atomic mass is 32.1. The molecular weight excluding hydrogens is 507 g/mol. The lowest BCUT2D eigenvalue weighted by atomic mass is 9.75. The van der Waals surface area contributed by atoms with E-state index in [1.807, 2.05) is 44.8 Å². The topological polar surface area (TPSA) is 29.5 Å². The van der Waals surface area contributed by atoms with Gasteiger partial charge in [0.25, 0.3) is 0 Å². The van der Waals surface area contributed by atoms with Crippen molar-refractivity contribution in [3.8, 4) is 33.4 Å². The van der Waals surface area contributed by atoms with Crippen LogP contribution in [0.1, 0.15) is 27.7 Å². The van der Waals surface area contributed by atoms with Gasteiger partial charge in [0.1, 0.15) is 0 Å². The third-order valence-corrected chi connectivity index (χ3v) is 9.13. The van der Waals surface area contributed by atoms with Crippen LogP contribution in [0, 0.1) is 0 Å². The Labute approximate surface area is 241 Å². The highest BCUT2D eigenvalue weighted by Gasteiger charge is 2.36. The number of fused-ring (bicyclic) bond motifs is 3. The number of hydrogen-bond acceptors (Lipinski definition) is 3. The van der Waals surface area contributed by atoms with E-state index >= 15 is 0 Å². The lowest BCUT2D eigenvalue weighted by molar-refractivity contribution is -0.0893. The van der Waals surface area contributed by atoms with E-state index in [9.17, 15) is 5.11 Å². The zero-order valence-electron chi connectivity index (χ0n) is 23.3. The summed E-state index contributed by atoms with van der Waals surface area (Å²) >= 11 is 1.83. The maximum atomic E-state index is 10.8. The predicted molar refractivity (Wildman–Crippen MR) is 172 cm³/mol. The van der Waals surface area contributed by atoms with Gasteiger partial charge in [-0.05, 0) is 90.8 Å². The average molecular weight is 540 g/mol. The van der Waals surface area contributed by atoms with Crippen molar-refractivity contribution in [2.45, 2.75) is 38.9 Å². The number of rotatable bonds is 7. The molecule has 1 aromatic heterocycles. The number of thiophene rings is 1. The summed E-state index contributed by atoms with van der Waals surface area (Å²) < 4.78 is 8.95. The molecule has 0 unspecified atom stereocenters. The van der Waals surface area contributed by atoms with Gasteiger partial charge >= 0.3 is 7.48 Å². The van der Waals surface area contributed by atoms with E-state index in [1.54, 1.807) is 13.8 Å². The van der Waals surface area contributed by atoms with Crippen LogP contribution in [0.5, 0.6) is 0 Å². The monoisotopic (exact) mass is 539 g/mol. The summed E-state index contributed by atoms with van der Waals surface area (Å²) in [4.78, 5) is 0. The van der Waals surface area contributed by atoms with Crippen molar-refractivity contribution in [1.29, 1.82) is 0 Å². The number of benzene rings is 5. The highest BCUT2D eigenvalue weighted by Crippen LogP contribution is 2.40. The quantitative estimate of drug-likeness (QED) is 0.205. The van der Waals surface area contributed by atoms with Crippen LogP contribution in [-0.2, 0) is 4.65 Å². The van der Waals surface area contributed by atoms with E-state index in [0.29, 0.717) is 0 Å². The maximum Gasteiger partial charge on any atom is 0.331 e. The van der Waals surface area contributed by atoms with Crippen molar-refractivity contribution in [2.24, 2.45) is 0 Å². The maximum absolute atomic E-state index is 10.8. The summed E-state index contributed by atoms with van der Waals surface area (Å²) in [6, 6.07) is 40.9. The van der Waals surface area contributed by atoms with E-state index in [1.165, 1.54) is 20.2 Å². The Morgan fingerprint density at radius 2 is 1.23 bits per heavy atom. The molecule has 5 aromatic carbocycles. The van der Waals surface area contributed by atoms with E-state index in [2.05, 4.69) is 103 Å². The molecule has 0 aliphatic carbocycles. The van der Waals surface area contributed by atoms with Crippen LogP contribution in [0.25, 0.3) is 53.6 Å². The van der Waals surface area contributed by atoms with Crippen molar-refractivity contribution < 1.29 is 9.76 Å². The van der Waals surface area contributed by atoms with Crippen LogP contribution in [0.4, 0.5) is 0 Å². The standard InChI is InChI=1S/C36H32BO2S/c1-35(2,38)36(3,4)39-37-31-23-27(24-13-7-5-8-14-24)22-29(34(31)25-15-9-6-10-16-25)26-19-20-33-30(21-26)28-17-11-12-18-32(28)40-33/h5-23,38H,1-4H3. The van der Waals surface area contributed by atoms with Gasteiger partial charge in [0.05, 0.1) is 11.2 Å². The van der Waals surface area contributed by atoms with Crippen molar-refractivity contribution in [3.05, 3.63) is 115 Å². The van der Waals surface area contributed by atoms with Gasteiger partial charge in [-0.1, -0.05) is 91.0 Å². The van der Waals surface area contributed by atoms with Crippen LogP contribution < -0.4 is 5.46 Å². The molecule has 6 rings (SSSR count). The van der Waals surface area contributed by atoms with Crippen LogP contribution in [0.3, 0.4) is 0 Å². The Bertz CT molecular complexity index is 1800. The molecule has 2 nitrogen and oxygen atoms in total. The van der Waals surface area contributed by atoms with Gasteiger partial charge in [-0.15, -0.1) is 11.3 Å². The normalized spacial score (nSPS) is 12.2. The third kappa shape index (κ3) is 4.99.